The minimum Gasteiger partial charge on any atom is -0.425 e. The number of nitrogens with one attached hydrogen (secondary N) is 1. The summed E-state index contributed by atoms with van der Waals surface area (Å²) in [5.74, 6) is -0.0621. The molecule has 5 heteroatoms. The molecule has 0 bridgehead atoms. The monoisotopic (exact) mass is 388 g/mol. The van der Waals surface area contributed by atoms with Gasteiger partial charge >= 0.3 is 12.0 Å². The summed E-state index contributed by atoms with van der Waals surface area (Å²) < 4.78 is 5.32. The van der Waals surface area contributed by atoms with Crippen molar-refractivity contribution in [3.63, 3.8) is 0 Å². The molecule has 148 valence electrons. The summed E-state index contributed by atoms with van der Waals surface area (Å²) in [4.78, 5) is 26.9. The molecule has 0 unspecified atom stereocenters. The lowest BCUT2D eigenvalue weighted by Gasteiger charge is -2.25. The molecule has 0 saturated carbocycles. The van der Waals surface area contributed by atoms with Gasteiger partial charge in [-0.2, -0.15) is 0 Å². The maximum absolute atomic E-state index is 12.9. The molecule has 2 amide bonds. The van der Waals surface area contributed by atoms with Crippen LogP contribution in [0.1, 0.15) is 18.1 Å². The molecule has 0 aromatic heterocycles. The highest BCUT2D eigenvalue weighted by atomic mass is 16.5. The molecule has 0 aliphatic rings. The number of carbonyl (C=O) groups is 2. The molecule has 1 N–H and O–H groups in total. The summed E-state index contributed by atoms with van der Waals surface area (Å²) in [6.07, 6.45) is 0. The fourth-order valence-electron chi connectivity index (χ4n) is 2.84. The summed E-state index contributed by atoms with van der Waals surface area (Å²) in [5.41, 5.74) is 2.02. The van der Waals surface area contributed by atoms with E-state index in [2.05, 4.69) is 5.32 Å². The molecular formula is C24H24N2O3. The predicted octanol–water partition coefficient (Wildman–Crippen LogP) is 4.39. The minimum absolute atomic E-state index is 0.324. The third-order valence-electron chi connectivity index (χ3n) is 4.37. The van der Waals surface area contributed by atoms with E-state index in [0.29, 0.717) is 18.8 Å². The van der Waals surface area contributed by atoms with Crippen LogP contribution in [0.25, 0.3) is 0 Å². The summed E-state index contributed by atoms with van der Waals surface area (Å²) in [5, 5.41) is 2.75. The quantitative estimate of drug-likeness (QED) is 0.482. The van der Waals surface area contributed by atoms with Gasteiger partial charge in [0.2, 0.25) is 0 Å². The lowest BCUT2D eigenvalue weighted by Crippen LogP contribution is -2.47. The molecule has 3 aromatic carbocycles. The van der Waals surface area contributed by atoms with Crippen LogP contribution in [-0.2, 0) is 17.9 Å². The number of hydrogen-bond donors (Lipinski definition) is 1. The smallest absolute Gasteiger partial charge is 0.333 e. The maximum atomic E-state index is 12.9. The van der Waals surface area contributed by atoms with Crippen molar-refractivity contribution in [2.75, 3.05) is 0 Å². The minimum atomic E-state index is -0.781. The second-order valence-electron chi connectivity index (χ2n) is 6.73. The number of rotatable bonds is 7. The van der Waals surface area contributed by atoms with Crippen LogP contribution in [0.15, 0.2) is 91.0 Å². The average molecular weight is 388 g/mol. The Kier molecular flexibility index (Phi) is 7.00. The Morgan fingerprint density at radius 3 is 1.72 bits per heavy atom. The fourth-order valence-corrected chi connectivity index (χ4v) is 2.84. The van der Waals surface area contributed by atoms with Gasteiger partial charge in [0, 0.05) is 13.1 Å². The van der Waals surface area contributed by atoms with Gasteiger partial charge in [0.15, 0.2) is 0 Å². The second kappa shape index (κ2) is 10.1. The van der Waals surface area contributed by atoms with Gasteiger partial charge in [-0.25, -0.2) is 9.59 Å². The summed E-state index contributed by atoms with van der Waals surface area (Å²) >= 11 is 0. The highest BCUT2D eigenvalue weighted by molar-refractivity contribution is 5.84. The Bertz CT molecular complexity index is 873. The Hall–Kier alpha value is -3.60. The van der Waals surface area contributed by atoms with E-state index in [0.717, 1.165) is 11.1 Å². The molecule has 5 nitrogen and oxygen atoms in total. The topological polar surface area (TPSA) is 58.6 Å². The molecule has 0 heterocycles. The van der Waals surface area contributed by atoms with Crippen LogP contribution < -0.4 is 10.1 Å². The number of hydrogen-bond acceptors (Lipinski definition) is 3. The van der Waals surface area contributed by atoms with E-state index in [1.165, 1.54) is 0 Å². The van der Waals surface area contributed by atoms with Crippen LogP contribution in [-0.4, -0.2) is 22.9 Å². The Morgan fingerprint density at radius 2 is 1.24 bits per heavy atom. The zero-order valence-electron chi connectivity index (χ0n) is 16.3. The third-order valence-corrected chi connectivity index (χ3v) is 4.37. The van der Waals surface area contributed by atoms with Gasteiger partial charge in [-0.1, -0.05) is 78.9 Å². The molecule has 0 radical (unpaired) electrons. The Morgan fingerprint density at radius 1 is 0.793 bits per heavy atom. The van der Waals surface area contributed by atoms with Gasteiger partial charge in [0.1, 0.15) is 11.8 Å². The second-order valence-corrected chi connectivity index (χ2v) is 6.73. The number of esters is 1. The lowest BCUT2D eigenvalue weighted by atomic mass is 10.2. The van der Waals surface area contributed by atoms with Crippen molar-refractivity contribution >= 4 is 12.0 Å². The van der Waals surface area contributed by atoms with Crippen LogP contribution in [0.2, 0.25) is 0 Å². The van der Waals surface area contributed by atoms with Gasteiger partial charge in [0.05, 0.1) is 0 Å². The first-order chi connectivity index (χ1) is 14.1. The zero-order valence-corrected chi connectivity index (χ0v) is 16.3. The van der Waals surface area contributed by atoms with Crippen molar-refractivity contribution in [3.05, 3.63) is 102 Å². The molecule has 29 heavy (non-hydrogen) atoms. The number of benzene rings is 3. The van der Waals surface area contributed by atoms with Crippen LogP contribution in [0.3, 0.4) is 0 Å². The van der Waals surface area contributed by atoms with Gasteiger partial charge in [-0.3, -0.25) is 0 Å². The lowest BCUT2D eigenvalue weighted by molar-refractivity contribution is -0.136. The van der Waals surface area contributed by atoms with E-state index < -0.39 is 12.0 Å². The first-order valence-corrected chi connectivity index (χ1v) is 9.52. The number of urea groups is 1. The van der Waals surface area contributed by atoms with E-state index in [1.807, 2.05) is 66.7 Å². The third kappa shape index (κ3) is 6.21. The van der Waals surface area contributed by atoms with Gasteiger partial charge in [-0.15, -0.1) is 0 Å². The molecule has 1 atom stereocenters. The largest absolute Gasteiger partial charge is 0.425 e. The van der Waals surface area contributed by atoms with Crippen molar-refractivity contribution in [2.24, 2.45) is 0 Å². The first-order valence-electron chi connectivity index (χ1n) is 9.52. The van der Waals surface area contributed by atoms with Crippen molar-refractivity contribution in [3.8, 4) is 5.75 Å². The van der Waals surface area contributed by atoms with Crippen LogP contribution >= 0.6 is 0 Å². The van der Waals surface area contributed by atoms with Gasteiger partial charge in [-0.05, 0) is 30.2 Å². The zero-order chi connectivity index (χ0) is 20.5. The number of para-hydroxylation sites is 1. The van der Waals surface area contributed by atoms with Crippen LogP contribution in [0, 0.1) is 0 Å². The van der Waals surface area contributed by atoms with E-state index in [1.54, 1.807) is 36.1 Å². The molecule has 0 spiro atoms. The van der Waals surface area contributed by atoms with Crippen molar-refractivity contribution in [2.45, 2.75) is 26.1 Å². The Labute approximate surface area is 170 Å². The number of carbonyl (C=O) groups excluding carboxylic acids is 2. The van der Waals surface area contributed by atoms with Crippen molar-refractivity contribution < 1.29 is 14.3 Å². The van der Waals surface area contributed by atoms with E-state index >= 15 is 0 Å². The predicted molar refractivity (Wildman–Crippen MR) is 112 cm³/mol. The number of amides is 2. The SMILES string of the molecule is C[C@H](NC(=O)N(Cc1ccccc1)Cc1ccccc1)C(=O)Oc1ccccc1. The first kappa shape index (κ1) is 20.1. The maximum Gasteiger partial charge on any atom is 0.333 e. The molecular weight excluding hydrogens is 364 g/mol. The molecule has 0 fully saturated rings. The van der Waals surface area contributed by atoms with Crippen LogP contribution in [0.4, 0.5) is 4.79 Å². The Balaban J connectivity index is 1.67. The fraction of sp³-hybridized carbons (Fsp3) is 0.167. The molecule has 3 rings (SSSR count). The number of ether oxygens (including phenoxy) is 1. The molecule has 0 aliphatic heterocycles. The van der Waals surface area contributed by atoms with E-state index in [9.17, 15) is 9.59 Å². The molecule has 0 aliphatic carbocycles. The van der Waals surface area contributed by atoms with Crippen LogP contribution in [0.5, 0.6) is 5.75 Å². The normalized spacial score (nSPS) is 11.3. The van der Waals surface area contributed by atoms with E-state index in [-0.39, 0.29) is 6.03 Å². The highest BCUT2D eigenvalue weighted by Gasteiger charge is 2.22. The summed E-state index contributed by atoms with van der Waals surface area (Å²) in [7, 11) is 0. The highest BCUT2D eigenvalue weighted by Crippen LogP contribution is 2.12. The summed E-state index contributed by atoms with van der Waals surface area (Å²) in [6.45, 7) is 2.48. The van der Waals surface area contributed by atoms with Crippen molar-refractivity contribution in [1.82, 2.24) is 10.2 Å². The average Bonchev–Trinajstić information content (AvgIpc) is 2.75. The number of nitrogens with zero attached hydrogens (tertiary/aromatic N) is 1. The standard InChI is InChI=1S/C24H24N2O3/c1-19(23(27)29-22-15-9-4-10-16-22)25-24(28)26(17-20-11-5-2-6-12-20)18-21-13-7-3-8-14-21/h2-16,19H,17-18H2,1H3,(H,25,28)/t19-/m0/s1. The summed E-state index contributed by atoms with van der Waals surface area (Å²) in [6, 6.07) is 27.2. The van der Waals surface area contributed by atoms with Gasteiger partial charge < -0.3 is 15.0 Å². The molecule has 0 saturated heterocycles. The van der Waals surface area contributed by atoms with Crippen molar-refractivity contribution in [1.29, 1.82) is 0 Å². The molecule has 3 aromatic rings. The van der Waals surface area contributed by atoms with E-state index in [4.69, 9.17) is 4.74 Å². The van der Waals surface area contributed by atoms with Gasteiger partial charge in [0.25, 0.3) is 0 Å².